The van der Waals surface area contributed by atoms with E-state index in [9.17, 15) is 22.8 Å². The van der Waals surface area contributed by atoms with E-state index < -0.39 is 23.9 Å². The molecule has 12 heteroatoms. The molecule has 9 nitrogen and oxygen atoms in total. The molecule has 2 atom stereocenters. The third-order valence-corrected chi connectivity index (χ3v) is 5.59. The fourth-order valence-corrected chi connectivity index (χ4v) is 4.12. The Morgan fingerprint density at radius 1 is 1.29 bits per heavy atom. The van der Waals surface area contributed by atoms with Gasteiger partial charge >= 0.3 is 12.3 Å². The second-order valence-corrected chi connectivity index (χ2v) is 9.69. The smallest absolute Gasteiger partial charge is 0.418 e. The molecular formula is C22H31F3N4O5. The Morgan fingerprint density at radius 2 is 2.03 bits per heavy atom. The molecule has 0 unspecified atom stereocenters. The van der Waals surface area contributed by atoms with Crippen molar-refractivity contribution in [2.45, 2.75) is 51.9 Å². The Balaban J connectivity index is 1.48. The number of hydrogen-bond donors (Lipinski definition) is 1. The zero-order chi connectivity index (χ0) is 25.1. The summed E-state index contributed by atoms with van der Waals surface area (Å²) < 4.78 is 55.0. The summed E-state index contributed by atoms with van der Waals surface area (Å²) in [5.41, 5.74) is 4.17. The van der Waals surface area contributed by atoms with E-state index in [0.29, 0.717) is 31.9 Å². The Hall–Kier alpha value is -2.76. The lowest BCUT2D eigenvalue weighted by atomic mass is 9.89. The molecule has 2 aliphatic heterocycles. The van der Waals surface area contributed by atoms with E-state index in [-0.39, 0.29) is 49.4 Å². The average Bonchev–Trinajstić information content (AvgIpc) is 2.73. The quantitative estimate of drug-likeness (QED) is 0.588. The zero-order valence-corrected chi connectivity index (χ0v) is 19.6. The Labute approximate surface area is 196 Å². The van der Waals surface area contributed by atoms with Gasteiger partial charge in [-0.15, -0.1) is 0 Å². The number of carbonyl (C=O) groups excluding carboxylic acids is 2. The molecule has 34 heavy (non-hydrogen) atoms. The highest BCUT2D eigenvalue weighted by Gasteiger charge is 2.38. The summed E-state index contributed by atoms with van der Waals surface area (Å²) in [7, 11) is 0. The second-order valence-electron chi connectivity index (χ2n) is 9.69. The first kappa shape index (κ1) is 25.9. The van der Waals surface area contributed by atoms with Gasteiger partial charge in [-0.3, -0.25) is 4.79 Å². The summed E-state index contributed by atoms with van der Waals surface area (Å²) in [5.74, 6) is 0.357. The lowest BCUT2D eigenvalue weighted by Crippen LogP contribution is -2.58. The molecule has 0 radical (unpaired) electrons. The summed E-state index contributed by atoms with van der Waals surface area (Å²) in [4.78, 5) is 31.3. The summed E-state index contributed by atoms with van der Waals surface area (Å²) in [6, 6.07) is 0.762. The predicted molar refractivity (Wildman–Crippen MR) is 116 cm³/mol. The van der Waals surface area contributed by atoms with E-state index in [1.54, 1.807) is 4.90 Å². The molecule has 0 saturated carbocycles. The first-order valence-corrected chi connectivity index (χ1v) is 11.1. The molecule has 1 aromatic rings. The normalized spacial score (nSPS) is 19.1. The van der Waals surface area contributed by atoms with Gasteiger partial charge in [-0.05, 0) is 17.9 Å². The van der Waals surface area contributed by atoms with E-state index in [0.717, 1.165) is 12.3 Å². The van der Waals surface area contributed by atoms with Crippen molar-refractivity contribution < 1.29 is 37.0 Å². The summed E-state index contributed by atoms with van der Waals surface area (Å²) in [5, 5.41) is 0. The SMILES string of the molecule is CC(C)(C)C[C@@H](COCCC(=O)N1CCN2c3ncc(C(F)(F)F)cc3OC[C@H]2C1)OC(N)=O. The number of rotatable bonds is 7. The van der Waals surface area contributed by atoms with E-state index in [1.165, 1.54) is 0 Å². The van der Waals surface area contributed by atoms with E-state index in [4.69, 9.17) is 19.9 Å². The number of hydrogen-bond acceptors (Lipinski definition) is 7. The van der Waals surface area contributed by atoms with Crippen LogP contribution >= 0.6 is 0 Å². The number of primary amides is 1. The first-order valence-electron chi connectivity index (χ1n) is 11.1. The number of amides is 2. The lowest BCUT2D eigenvalue weighted by molar-refractivity contribution is -0.138. The molecule has 0 aromatic carbocycles. The third-order valence-electron chi connectivity index (χ3n) is 5.59. The van der Waals surface area contributed by atoms with Gasteiger partial charge in [-0.25, -0.2) is 9.78 Å². The molecule has 1 saturated heterocycles. The maximum absolute atomic E-state index is 12.9. The van der Waals surface area contributed by atoms with Crippen LogP contribution in [-0.4, -0.2) is 73.5 Å². The number of fused-ring (bicyclic) bond motifs is 3. The number of alkyl halides is 3. The van der Waals surface area contributed by atoms with Crippen molar-refractivity contribution >= 4 is 17.8 Å². The van der Waals surface area contributed by atoms with Gasteiger partial charge in [0.15, 0.2) is 11.6 Å². The highest BCUT2D eigenvalue weighted by Crippen LogP contribution is 2.38. The molecule has 3 heterocycles. The van der Waals surface area contributed by atoms with Crippen LogP contribution in [0, 0.1) is 5.41 Å². The van der Waals surface area contributed by atoms with Crippen molar-refractivity contribution in [3.8, 4) is 5.75 Å². The van der Waals surface area contributed by atoms with Crippen molar-refractivity contribution in [1.82, 2.24) is 9.88 Å². The first-order chi connectivity index (χ1) is 15.8. The van der Waals surface area contributed by atoms with Crippen LogP contribution < -0.4 is 15.4 Å². The van der Waals surface area contributed by atoms with E-state index >= 15 is 0 Å². The van der Waals surface area contributed by atoms with E-state index in [2.05, 4.69) is 4.98 Å². The summed E-state index contributed by atoms with van der Waals surface area (Å²) in [6.45, 7) is 7.70. The van der Waals surface area contributed by atoms with Crippen LogP contribution in [-0.2, 0) is 20.4 Å². The van der Waals surface area contributed by atoms with Crippen molar-refractivity contribution in [2.24, 2.45) is 11.1 Å². The highest BCUT2D eigenvalue weighted by molar-refractivity contribution is 5.77. The fraction of sp³-hybridized carbons (Fsp3) is 0.682. The van der Waals surface area contributed by atoms with Crippen LogP contribution in [0.4, 0.5) is 23.8 Å². The molecule has 2 amide bonds. The molecule has 190 valence electrons. The predicted octanol–water partition coefficient (Wildman–Crippen LogP) is 2.82. The number of nitrogens with two attached hydrogens (primary N) is 1. The van der Waals surface area contributed by atoms with Crippen molar-refractivity contribution in [2.75, 3.05) is 44.4 Å². The second kappa shape index (κ2) is 10.2. The number of anilines is 1. The Morgan fingerprint density at radius 3 is 2.68 bits per heavy atom. The number of carbonyl (C=O) groups is 2. The van der Waals surface area contributed by atoms with Crippen molar-refractivity contribution in [3.63, 3.8) is 0 Å². The van der Waals surface area contributed by atoms with Gasteiger partial charge < -0.3 is 29.7 Å². The number of piperazine rings is 1. The van der Waals surface area contributed by atoms with Crippen LogP contribution in [0.15, 0.2) is 12.3 Å². The number of pyridine rings is 1. The Kier molecular flexibility index (Phi) is 7.79. The number of aromatic nitrogens is 1. The van der Waals surface area contributed by atoms with Gasteiger partial charge in [0.1, 0.15) is 12.7 Å². The minimum Gasteiger partial charge on any atom is -0.487 e. The summed E-state index contributed by atoms with van der Waals surface area (Å²) in [6.07, 6.45) is -4.35. The number of ether oxygens (including phenoxy) is 3. The fourth-order valence-electron chi connectivity index (χ4n) is 4.12. The average molecular weight is 489 g/mol. The van der Waals surface area contributed by atoms with Gasteiger partial charge in [0.2, 0.25) is 5.91 Å². The molecule has 1 fully saturated rings. The molecule has 3 rings (SSSR count). The van der Waals surface area contributed by atoms with Gasteiger partial charge in [0, 0.05) is 25.8 Å². The van der Waals surface area contributed by atoms with Crippen molar-refractivity contribution in [3.05, 3.63) is 17.8 Å². The molecule has 2 aliphatic rings. The monoisotopic (exact) mass is 488 g/mol. The molecule has 2 N–H and O–H groups in total. The van der Waals surface area contributed by atoms with Crippen LogP contribution in [0.1, 0.15) is 39.2 Å². The molecule has 0 spiro atoms. The molecule has 0 bridgehead atoms. The van der Waals surface area contributed by atoms with Gasteiger partial charge in [0.25, 0.3) is 0 Å². The maximum Gasteiger partial charge on any atom is 0.418 e. The largest absolute Gasteiger partial charge is 0.487 e. The highest BCUT2D eigenvalue weighted by atomic mass is 19.4. The molecule has 0 aliphatic carbocycles. The van der Waals surface area contributed by atoms with Gasteiger partial charge in [-0.2, -0.15) is 13.2 Å². The number of nitrogens with zero attached hydrogens (tertiary/aromatic N) is 3. The van der Waals surface area contributed by atoms with Crippen molar-refractivity contribution in [1.29, 1.82) is 0 Å². The lowest BCUT2D eigenvalue weighted by Gasteiger charge is -2.44. The van der Waals surface area contributed by atoms with Crippen LogP contribution in [0.25, 0.3) is 0 Å². The molecular weight excluding hydrogens is 457 g/mol. The molecule has 1 aromatic heterocycles. The summed E-state index contributed by atoms with van der Waals surface area (Å²) >= 11 is 0. The van der Waals surface area contributed by atoms with Crippen LogP contribution in [0.5, 0.6) is 5.75 Å². The minimum absolute atomic E-state index is 0.0944. The van der Waals surface area contributed by atoms with Crippen LogP contribution in [0.2, 0.25) is 0 Å². The zero-order valence-electron chi connectivity index (χ0n) is 19.6. The third kappa shape index (κ3) is 6.87. The number of halogens is 3. The minimum atomic E-state index is -4.49. The van der Waals surface area contributed by atoms with E-state index in [1.807, 2.05) is 25.7 Å². The van der Waals surface area contributed by atoms with Crippen LogP contribution in [0.3, 0.4) is 0 Å². The Bertz CT molecular complexity index is 890. The standard InChI is InChI=1S/C22H31F3N4O5/c1-21(2,3)9-16(34-20(26)31)13-32-7-4-18(30)28-5-6-29-15(11-28)12-33-17-8-14(22(23,24)25)10-27-19(17)29/h8,10,15-16H,4-7,9,11-13H2,1-3H3,(H2,26,31)/t15-,16+/m1/s1. The topological polar surface area (TPSA) is 107 Å². The van der Waals surface area contributed by atoms with Gasteiger partial charge in [0.05, 0.1) is 31.2 Å². The van der Waals surface area contributed by atoms with Gasteiger partial charge in [-0.1, -0.05) is 20.8 Å². The maximum atomic E-state index is 12.9.